The second-order valence-corrected chi connectivity index (χ2v) is 6.94. The van der Waals surface area contributed by atoms with Crippen molar-refractivity contribution >= 4 is 23.4 Å². The molecule has 0 aliphatic heterocycles. The minimum absolute atomic E-state index is 0.149. The van der Waals surface area contributed by atoms with Gasteiger partial charge in [-0.05, 0) is 23.3 Å². The molecule has 0 saturated heterocycles. The van der Waals surface area contributed by atoms with E-state index in [4.69, 9.17) is 11.5 Å². The molecule has 0 fully saturated rings. The summed E-state index contributed by atoms with van der Waals surface area (Å²) in [7, 11) is 0. The van der Waals surface area contributed by atoms with Gasteiger partial charge in [0.1, 0.15) is 17.2 Å². The molecule has 0 amide bonds. The van der Waals surface area contributed by atoms with E-state index in [-0.39, 0.29) is 11.8 Å². The first kappa shape index (κ1) is 17.9. The van der Waals surface area contributed by atoms with Gasteiger partial charge in [-0.1, -0.05) is 42.1 Å². The second-order valence-electron chi connectivity index (χ2n) is 5.91. The van der Waals surface area contributed by atoms with Crippen LogP contribution < -0.4 is 11.5 Å². The maximum Gasteiger partial charge on any atom is 0.219 e. The summed E-state index contributed by atoms with van der Waals surface area (Å²) >= 11 is 1.41. The van der Waals surface area contributed by atoms with Gasteiger partial charge in [0.05, 0.1) is 11.9 Å². The van der Waals surface area contributed by atoms with Gasteiger partial charge in [-0.2, -0.15) is 0 Å². The van der Waals surface area contributed by atoms with Gasteiger partial charge >= 0.3 is 0 Å². The maximum absolute atomic E-state index is 14.8. The molecule has 0 atom stereocenters. The summed E-state index contributed by atoms with van der Waals surface area (Å²) < 4.78 is 14.8. The Morgan fingerprint density at radius 1 is 0.821 bits per heavy atom. The zero-order chi connectivity index (χ0) is 19.5. The van der Waals surface area contributed by atoms with Gasteiger partial charge in [0.2, 0.25) is 5.95 Å². The highest BCUT2D eigenvalue weighted by Gasteiger charge is 2.12. The lowest BCUT2D eigenvalue weighted by Gasteiger charge is -2.11. The SMILES string of the molecule is Nc1ncc(-c2ccc(-c3ccccc3Sc3ncncc3N)cc2F)cn1. The minimum atomic E-state index is -0.368. The van der Waals surface area contributed by atoms with E-state index < -0.39 is 0 Å². The molecule has 0 unspecified atom stereocenters. The summed E-state index contributed by atoms with van der Waals surface area (Å²) in [5.41, 5.74) is 14.5. The first-order chi connectivity index (χ1) is 13.6. The van der Waals surface area contributed by atoms with Gasteiger partial charge in [-0.15, -0.1) is 0 Å². The van der Waals surface area contributed by atoms with Crippen molar-refractivity contribution in [2.75, 3.05) is 11.5 Å². The number of benzene rings is 2. The molecular formula is C20H15FN6S. The molecular weight excluding hydrogens is 375 g/mol. The van der Waals surface area contributed by atoms with Crippen molar-refractivity contribution in [3.63, 3.8) is 0 Å². The molecule has 0 spiro atoms. The van der Waals surface area contributed by atoms with Crippen molar-refractivity contribution in [2.45, 2.75) is 9.92 Å². The van der Waals surface area contributed by atoms with Crippen LogP contribution in [0.4, 0.5) is 16.0 Å². The van der Waals surface area contributed by atoms with E-state index in [9.17, 15) is 4.39 Å². The number of nitrogens with two attached hydrogens (primary N) is 2. The number of nitrogens with zero attached hydrogens (tertiary/aromatic N) is 4. The maximum atomic E-state index is 14.8. The molecule has 0 bridgehead atoms. The molecule has 0 radical (unpaired) electrons. The lowest BCUT2D eigenvalue weighted by molar-refractivity contribution is 0.631. The normalized spacial score (nSPS) is 10.8. The first-order valence-electron chi connectivity index (χ1n) is 8.32. The predicted molar refractivity (Wildman–Crippen MR) is 108 cm³/mol. The summed E-state index contributed by atoms with van der Waals surface area (Å²) in [6, 6.07) is 12.8. The van der Waals surface area contributed by atoms with Crippen molar-refractivity contribution < 1.29 is 4.39 Å². The molecule has 2 aromatic heterocycles. The van der Waals surface area contributed by atoms with Crippen LogP contribution in [0.25, 0.3) is 22.3 Å². The van der Waals surface area contributed by atoms with Crippen molar-refractivity contribution in [2.24, 2.45) is 0 Å². The van der Waals surface area contributed by atoms with Gasteiger partial charge in [-0.3, -0.25) is 0 Å². The minimum Gasteiger partial charge on any atom is -0.395 e. The standard InChI is InChI=1S/C20H15FN6S/c21-16-7-12(5-6-14(16)13-8-25-20(23)26-9-13)15-3-1-2-4-18(15)28-19-17(22)10-24-11-27-19/h1-11H,22H2,(H2,23,25,26). The summed E-state index contributed by atoms with van der Waals surface area (Å²) in [5, 5.41) is 0.651. The van der Waals surface area contributed by atoms with Crippen LogP contribution in [0, 0.1) is 5.82 Å². The van der Waals surface area contributed by atoms with Gasteiger partial charge in [0.15, 0.2) is 0 Å². The zero-order valence-electron chi connectivity index (χ0n) is 14.6. The van der Waals surface area contributed by atoms with E-state index in [1.807, 2.05) is 30.3 Å². The topological polar surface area (TPSA) is 104 Å². The monoisotopic (exact) mass is 390 g/mol. The number of anilines is 2. The van der Waals surface area contributed by atoms with Crippen molar-refractivity contribution in [1.29, 1.82) is 0 Å². The van der Waals surface area contributed by atoms with Gasteiger partial charge in [-0.25, -0.2) is 24.3 Å². The van der Waals surface area contributed by atoms with Gasteiger partial charge in [0, 0.05) is 28.4 Å². The molecule has 0 aliphatic rings. The van der Waals surface area contributed by atoms with Crippen LogP contribution in [0.15, 0.2) is 77.3 Å². The number of halogens is 1. The number of aromatic nitrogens is 4. The highest BCUT2D eigenvalue weighted by atomic mass is 32.2. The molecule has 138 valence electrons. The molecule has 28 heavy (non-hydrogen) atoms. The fourth-order valence-corrected chi connectivity index (χ4v) is 3.63. The van der Waals surface area contributed by atoms with Crippen molar-refractivity contribution in [1.82, 2.24) is 19.9 Å². The number of hydrogen-bond donors (Lipinski definition) is 2. The molecule has 4 rings (SSSR count). The molecule has 4 aromatic rings. The molecule has 4 N–H and O–H groups in total. The molecule has 2 heterocycles. The average Bonchev–Trinajstić information content (AvgIpc) is 2.71. The fourth-order valence-electron chi connectivity index (χ4n) is 2.71. The Balaban J connectivity index is 1.71. The Morgan fingerprint density at radius 2 is 1.61 bits per heavy atom. The summed E-state index contributed by atoms with van der Waals surface area (Å²) in [5.74, 6) is -0.219. The van der Waals surface area contributed by atoms with Crippen LogP contribution in [0.2, 0.25) is 0 Å². The Bertz CT molecular complexity index is 1130. The Morgan fingerprint density at radius 3 is 2.36 bits per heavy atom. The summed E-state index contributed by atoms with van der Waals surface area (Å²) in [6.45, 7) is 0. The van der Waals surface area contributed by atoms with E-state index in [2.05, 4.69) is 19.9 Å². The Hall–Kier alpha value is -3.52. The van der Waals surface area contributed by atoms with E-state index >= 15 is 0 Å². The van der Waals surface area contributed by atoms with Crippen LogP contribution in [-0.4, -0.2) is 19.9 Å². The Kier molecular flexibility index (Phi) is 4.86. The third kappa shape index (κ3) is 3.63. The molecule has 0 aliphatic carbocycles. The third-order valence-electron chi connectivity index (χ3n) is 4.06. The highest BCUT2D eigenvalue weighted by molar-refractivity contribution is 7.99. The molecule has 2 aromatic carbocycles. The molecule has 0 saturated carbocycles. The van der Waals surface area contributed by atoms with Crippen molar-refractivity contribution in [3.8, 4) is 22.3 Å². The van der Waals surface area contributed by atoms with Crippen LogP contribution in [0.3, 0.4) is 0 Å². The van der Waals surface area contributed by atoms with E-state index in [1.54, 1.807) is 12.3 Å². The van der Waals surface area contributed by atoms with Crippen LogP contribution in [0.5, 0.6) is 0 Å². The van der Waals surface area contributed by atoms with E-state index in [1.165, 1.54) is 36.5 Å². The Labute approximate surface area is 164 Å². The second kappa shape index (κ2) is 7.61. The number of hydrogen-bond acceptors (Lipinski definition) is 7. The predicted octanol–water partition coefficient (Wildman–Crippen LogP) is 4.06. The van der Waals surface area contributed by atoms with Gasteiger partial charge < -0.3 is 11.5 Å². The average molecular weight is 390 g/mol. The quantitative estimate of drug-likeness (QED) is 0.507. The summed E-state index contributed by atoms with van der Waals surface area (Å²) in [6.07, 6.45) is 6.01. The van der Waals surface area contributed by atoms with Crippen LogP contribution in [0.1, 0.15) is 0 Å². The smallest absolute Gasteiger partial charge is 0.219 e. The van der Waals surface area contributed by atoms with Gasteiger partial charge in [0.25, 0.3) is 0 Å². The first-order valence-corrected chi connectivity index (χ1v) is 9.13. The van der Waals surface area contributed by atoms with Crippen LogP contribution >= 0.6 is 11.8 Å². The zero-order valence-corrected chi connectivity index (χ0v) is 15.4. The largest absolute Gasteiger partial charge is 0.395 e. The molecule has 8 heteroatoms. The summed E-state index contributed by atoms with van der Waals surface area (Å²) in [4.78, 5) is 16.9. The lowest BCUT2D eigenvalue weighted by atomic mass is 10.0. The highest BCUT2D eigenvalue weighted by Crippen LogP contribution is 2.38. The lowest BCUT2D eigenvalue weighted by Crippen LogP contribution is -1.95. The molecule has 6 nitrogen and oxygen atoms in total. The fraction of sp³-hybridized carbons (Fsp3) is 0. The third-order valence-corrected chi connectivity index (χ3v) is 5.17. The van der Waals surface area contributed by atoms with E-state index in [0.29, 0.717) is 21.8 Å². The number of nitrogen functional groups attached to an aromatic ring is 2. The van der Waals surface area contributed by atoms with Crippen molar-refractivity contribution in [3.05, 3.63) is 73.2 Å². The number of rotatable bonds is 4. The van der Waals surface area contributed by atoms with Crippen LogP contribution in [-0.2, 0) is 0 Å². The van der Waals surface area contributed by atoms with E-state index in [0.717, 1.165) is 16.0 Å².